The van der Waals surface area contributed by atoms with E-state index in [1.54, 1.807) is 18.2 Å². The van der Waals surface area contributed by atoms with E-state index >= 15 is 0 Å². The van der Waals surface area contributed by atoms with Crippen LogP contribution in [0.15, 0.2) is 36.4 Å². The van der Waals surface area contributed by atoms with Crippen LogP contribution in [0.5, 0.6) is 5.75 Å². The number of ether oxygens (including phenoxy) is 1. The number of fused-ring (bicyclic) bond motifs is 3. The third kappa shape index (κ3) is 3.47. The van der Waals surface area contributed by atoms with Crippen molar-refractivity contribution in [3.63, 3.8) is 0 Å². The zero-order valence-corrected chi connectivity index (χ0v) is 19.0. The minimum absolute atomic E-state index is 0.206. The Bertz CT molecular complexity index is 1090. The lowest BCUT2D eigenvalue weighted by Gasteiger charge is -2.47. The van der Waals surface area contributed by atoms with Crippen LogP contribution in [0.4, 0.5) is 5.69 Å². The third-order valence-corrected chi connectivity index (χ3v) is 8.19. The first kappa shape index (κ1) is 21.3. The lowest BCUT2D eigenvalue weighted by molar-refractivity contribution is -0.123. The van der Waals surface area contributed by atoms with E-state index in [-0.39, 0.29) is 22.3 Å². The summed E-state index contributed by atoms with van der Waals surface area (Å²) >= 11 is 6.30. The summed E-state index contributed by atoms with van der Waals surface area (Å²) in [5, 5.41) is 10.3. The Hall–Kier alpha value is -2.53. The van der Waals surface area contributed by atoms with Crippen molar-refractivity contribution in [3.05, 3.63) is 58.1 Å². The van der Waals surface area contributed by atoms with E-state index in [0.717, 1.165) is 55.6 Å². The van der Waals surface area contributed by atoms with Gasteiger partial charge in [0.2, 0.25) is 0 Å². The van der Waals surface area contributed by atoms with Crippen molar-refractivity contribution in [1.82, 2.24) is 0 Å². The molecule has 0 radical (unpaired) electrons. The van der Waals surface area contributed by atoms with Crippen LogP contribution in [0.3, 0.4) is 0 Å². The normalized spacial score (nSPS) is 28.7. The number of carboxylic acids is 1. The molecule has 2 aliphatic carbocycles. The molecule has 5 rings (SSSR count). The topological polar surface area (TPSA) is 66.8 Å². The smallest absolute Gasteiger partial charge is 0.335 e. The molecule has 5 nitrogen and oxygen atoms in total. The molecule has 3 aliphatic rings. The van der Waals surface area contributed by atoms with Crippen molar-refractivity contribution in [2.45, 2.75) is 44.4 Å². The van der Waals surface area contributed by atoms with Gasteiger partial charge in [-0.2, -0.15) is 0 Å². The number of rotatable bonds is 4. The SMILES string of the molecule is C[C@]1(C=O)CC[C@@H]1CN1CC2(CCCc3cc(Cl)ccc32)COc2ccc(C(=O)O)cc21. The van der Waals surface area contributed by atoms with Crippen molar-refractivity contribution < 1.29 is 19.4 Å². The Kier molecular flexibility index (Phi) is 5.20. The summed E-state index contributed by atoms with van der Waals surface area (Å²) < 4.78 is 6.37. The second-order valence-electron chi connectivity index (χ2n) is 9.95. The van der Waals surface area contributed by atoms with E-state index in [2.05, 4.69) is 17.0 Å². The average molecular weight is 454 g/mol. The Labute approximate surface area is 193 Å². The van der Waals surface area contributed by atoms with Gasteiger partial charge in [0.25, 0.3) is 0 Å². The zero-order chi connectivity index (χ0) is 22.5. The molecular weight excluding hydrogens is 426 g/mol. The van der Waals surface area contributed by atoms with Gasteiger partial charge in [-0.05, 0) is 79.5 Å². The van der Waals surface area contributed by atoms with Gasteiger partial charge in [-0.1, -0.05) is 24.6 Å². The zero-order valence-electron chi connectivity index (χ0n) is 18.3. The highest BCUT2D eigenvalue weighted by Crippen LogP contribution is 2.49. The van der Waals surface area contributed by atoms with Crippen LogP contribution in [0, 0.1) is 11.3 Å². The molecule has 2 aromatic carbocycles. The van der Waals surface area contributed by atoms with E-state index in [1.165, 1.54) is 11.1 Å². The number of hydrogen-bond acceptors (Lipinski definition) is 4. The molecule has 0 aromatic heterocycles. The lowest BCUT2D eigenvalue weighted by atomic mass is 9.62. The van der Waals surface area contributed by atoms with Gasteiger partial charge in [0.15, 0.2) is 0 Å². The van der Waals surface area contributed by atoms with Gasteiger partial charge in [-0.3, -0.25) is 0 Å². The fourth-order valence-corrected chi connectivity index (χ4v) is 5.97. The average Bonchev–Trinajstić information content (AvgIpc) is 2.93. The fourth-order valence-electron chi connectivity index (χ4n) is 5.77. The van der Waals surface area contributed by atoms with Gasteiger partial charge in [0.05, 0.1) is 17.9 Å². The van der Waals surface area contributed by atoms with Crippen LogP contribution in [0.2, 0.25) is 5.02 Å². The molecule has 1 saturated carbocycles. The summed E-state index contributed by atoms with van der Waals surface area (Å²) in [6.45, 7) is 4.00. The number of aryl methyl sites for hydroxylation is 1. The van der Waals surface area contributed by atoms with E-state index in [4.69, 9.17) is 16.3 Å². The van der Waals surface area contributed by atoms with E-state index in [0.29, 0.717) is 18.9 Å². The maximum absolute atomic E-state index is 11.8. The predicted octanol–water partition coefficient (Wildman–Crippen LogP) is 5.13. The quantitative estimate of drug-likeness (QED) is 0.650. The molecule has 1 spiro atoms. The van der Waals surface area contributed by atoms with Gasteiger partial charge in [-0.15, -0.1) is 0 Å². The molecule has 1 N–H and O–H groups in total. The summed E-state index contributed by atoms with van der Waals surface area (Å²) in [6.07, 6.45) is 6.04. The Morgan fingerprint density at radius 2 is 2.12 bits per heavy atom. The standard InChI is InChI=1S/C26H28ClNO4/c1-25(15-29)10-8-19(25)13-28-14-26(9-2-3-17-11-20(27)5-6-21(17)26)16-32-23-7-4-18(24(30)31)12-22(23)28/h4-7,11-12,15,19H,2-3,8-10,13-14,16H2,1H3,(H,30,31)/t19-,25-,26?/m1/s1. The Balaban J connectivity index is 1.58. The lowest BCUT2D eigenvalue weighted by Crippen LogP contribution is -2.51. The van der Waals surface area contributed by atoms with Crippen molar-refractivity contribution in [1.29, 1.82) is 0 Å². The molecule has 2 aromatic rings. The van der Waals surface area contributed by atoms with Crippen LogP contribution in [0.25, 0.3) is 0 Å². The first-order valence-electron chi connectivity index (χ1n) is 11.3. The number of aldehydes is 1. The summed E-state index contributed by atoms with van der Waals surface area (Å²) in [6, 6.07) is 11.3. The number of benzene rings is 2. The molecule has 6 heteroatoms. The van der Waals surface area contributed by atoms with Crippen molar-refractivity contribution >= 4 is 29.5 Å². The number of nitrogens with zero attached hydrogens (tertiary/aromatic N) is 1. The summed E-state index contributed by atoms with van der Waals surface area (Å²) in [5.74, 6) is -0.00408. The number of anilines is 1. The van der Waals surface area contributed by atoms with E-state index < -0.39 is 5.97 Å². The largest absolute Gasteiger partial charge is 0.490 e. The molecule has 0 saturated heterocycles. The van der Waals surface area contributed by atoms with Crippen LogP contribution in [-0.2, 0) is 16.6 Å². The summed E-state index contributed by atoms with van der Waals surface area (Å²) in [5.41, 5.74) is 3.08. The number of carbonyl (C=O) groups excluding carboxylic acids is 1. The molecule has 0 amide bonds. The molecule has 1 aliphatic heterocycles. The van der Waals surface area contributed by atoms with Gasteiger partial charge in [-0.25, -0.2) is 4.79 Å². The van der Waals surface area contributed by atoms with E-state index in [1.807, 2.05) is 13.0 Å². The van der Waals surface area contributed by atoms with Gasteiger partial charge < -0.3 is 19.5 Å². The highest BCUT2D eigenvalue weighted by molar-refractivity contribution is 6.30. The third-order valence-electron chi connectivity index (χ3n) is 7.96. The summed E-state index contributed by atoms with van der Waals surface area (Å²) in [4.78, 5) is 25.7. The van der Waals surface area contributed by atoms with Gasteiger partial charge in [0, 0.05) is 28.9 Å². The van der Waals surface area contributed by atoms with Crippen molar-refractivity contribution in [3.8, 4) is 5.75 Å². The minimum Gasteiger partial charge on any atom is -0.490 e. The van der Waals surface area contributed by atoms with Gasteiger partial charge in [0.1, 0.15) is 12.0 Å². The molecule has 1 unspecified atom stereocenters. The van der Waals surface area contributed by atoms with E-state index in [9.17, 15) is 14.7 Å². The summed E-state index contributed by atoms with van der Waals surface area (Å²) in [7, 11) is 0. The number of hydrogen-bond donors (Lipinski definition) is 1. The maximum atomic E-state index is 11.8. The fraction of sp³-hybridized carbons (Fsp3) is 0.462. The van der Waals surface area contributed by atoms with Crippen molar-refractivity contribution in [2.75, 3.05) is 24.6 Å². The number of aromatic carboxylic acids is 1. The molecule has 3 atom stereocenters. The van der Waals surface area contributed by atoms with Crippen molar-refractivity contribution in [2.24, 2.45) is 11.3 Å². The minimum atomic E-state index is -0.953. The molecule has 32 heavy (non-hydrogen) atoms. The molecule has 168 valence electrons. The monoisotopic (exact) mass is 453 g/mol. The molecular formula is C26H28ClNO4. The first-order valence-corrected chi connectivity index (χ1v) is 11.7. The number of carbonyl (C=O) groups is 2. The number of halogens is 1. The Morgan fingerprint density at radius 1 is 1.28 bits per heavy atom. The van der Waals surface area contributed by atoms with Crippen LogP contribution >= 0.6 is 11.6 Å². The molecule has 1 heterocycles. The predicted molar refractivity (Wildman–Crippen MR) is 124 cm³/mol. The van der Waals surface area contributed by atoms with Crippen LogP contribution < -0.4 is 9.64 Å². The molecule has 0 bridgehead atoms. The van der Waals surface area contributed by atoms with Crippen LogP contribution in [-0.4, -0.2) is 37.1 Å². The number of carboxylic acid groups (broad SMARTS) is 1. The highest BCUT2D eigenvalue weighted by atomic mass is 35.5. The first-order chi connectivity index (χ1) is 15.3. The maximum Gasteiger partial charge on any atom is 0.335 e. The van der Waals surface area contributed by atoms with Crippen LogP contribution in [0.1, 0.15) is 54.1 Å². The van der Waals surface area contributed by atoms with Gasteiger partial charge >= 0.3 is 5.97 Å². The Morgan fingerprint density at radius 3 is 2.84 bits per heavy atom. The second kappa shape index (κ2) is 7.80. The second-order valence-corrected chi connectivity index (χ2v) is 10.4. The highest BCUT2D eigenvalue weighted by Gasteiger charge is 2.46. The molecule has 1 fully saturated rings.